The topological polar surface area (TPSA) is 87.6 Å². The van der Waals surface area contributed by atoms with Crippen molar-refractivity contribution >= 4 is 22.1 Å². The van der Waals surface area contributed by atoms with E-state index in [4.69, 9.17) is 5.11 Å². The van der Waals surface area contributed by atoms with E-state index in [0.29, 0.717) is 4.31 Å². The number of alkyl halides is 2. The highest BCUT2D eigenvalue weighted by Gasteiger charge is 2.24. The summed E-state index contributed by atoms with van der Waals surface area (Å²) >= 11 is 0. The fraction of sp³-hybridized carbons (Fsp3) is 0.273. The SMILES string of the molecule is CN(CC(F)F)S(=O)(=O)c1cncc(/C=C/C(=O)O)c1. The molecule has 1 heterocycles. The molecule has 1 N–H and O–H groups in total. The van der Waals surface area contributed by atoms with Crippen molar-refractivity contribution in [3.05, 3.63) is 30.1 Å². The zero-order valence-corrected chi connectivity index (χ0v) is 11.2. The summed E-state index contributed by atoms with van der Waals surface area (Å²) < 4.78 is 48.9. The zero-order chi connectivity index (χ0) is 15.3. The van der Waals surface area contributed by atoms with Crippen molar-refractivity contribution in [1.82, 2.24) is 9.29 Å². The van der Waals surface area contributed by atoms with Crippen LogP contribution in [-0.2, 0) is 14.8 Å². The Morgan fingerprint density at radius 2 is 2.15 bits per heavy atom. The molecule has 0 unspecified atom stereocenters. The second kappa shape index (κ2) is 6.53. The number of hydrogen-bond acceptors (Lipinski definition) is 4. The first-order valence-electron chi connectivity index (χ1n) is 5.34. The first-order valence-corrected chi connectivity index (χ1v) is 6.78. The fourth-order valence-electron chi connectivity index (χ4n) is 1.31. The average Bonchev–Trinajstić information content (AvgIpc) is 2.35. The van der Waals surface area contributed by atoms with Gasteiger partial charge in [0.25, 0.3) is 6.43 Å². The van der Waals surface area contributed by atoms with Gasteiger partial charge < -0.3 is 5.11 Å². The molecule has 0 radical (unpaired) electrons. The standard InChI is InChI=1S/C11H12F2N2O4S/c1-15(7-10(12)13)20(18,19)9-4-8(5-14-6-9)2-3-11(16)17/h2-6,10H,7H2,1H3,(H,16,17)/b3-2+. The molecule has 1 rings (SSSR count). The van der Waals surface area contributed by atoms with Crippen molar-refractivity contribution in [3.8, 4) is 0 Å². The van der Waals surface area contributed by atoms with Gasteiger partial charge in [-0.2, -0.15) is 4.31 Å². The number of carboxylic acid groups (broad SMARTS) is 1. The number of carboxylic acids is 1. The molecular weight excluding hydrogens is 294 g/mol. The van der Waals surface area contributed by atoms with Gasteiger partial charge in [-0.25, -0.2) is 22.0 Å². The third-order valence-corrected chi connectivity index (χ3v) is 4.04. The number of halogens is 2. The van der Waals surface area contributed by atoms with E-state index in [2.05, 4.69) is 4.98 Å². The lowest BCUT2D eigenvalue weighted by molar-refractivity contribution is -0.131. The maximum Gasteiger partial charge on any atom is 0.328 e. The molecule has 20 heavy (non-hydrogen) atoms. The highest BCUT2D eigenvalue weighted by Crippen LogP contribution is 2.16. The summed E-state index contributed by atoms with van der Waals surface area (Å²) in [5.74, 6) is -1.20. The quantitative estimate of drug-likeness (QED) is 0.794. The van der Waals surface area contributed by atoms with Crippen LogP contribution < -0.4 is 0 Å². The predicted octanol–water partition coefficient (Wildman–Crippen LogP) is 1.07. The van der Waals surface area contributed by atoms with Crippen LogP contribution in [0.4, 0.5) is 8.78 Å². The fourth-order valence-corrected chi connectivity index (χ4v) is 2.46. The summed E-state index contributed by atoms with van der Waals surface area (Å²) in [7, 11) is -3.06. The molecule has 1 aromatic heterocycles. The van der Waals surface area contributed by atoms with Crippen molar-refractivity contribution in [2.24, 2.45) is 0 Å². The van der Waals surface area contributed by atoms with Crippen molar-refractivity contribution in [2.45, 2.75) is 11.3 Å². The number of sulfonamides is 1. The Balaban J connectivity index is 3.07. The molecule has 9 heteroatoms. The summed E-state index contributed by atoms with van der Waals surface area (Å²) in [4.78, 5) is 13.7. The van der Waals surface area contributed by atoms with E-state index >= 15 is 0 Å². The molecule has 0 saturated heterocycles. The van der Waals surface area contributed by atoms with Gasteiger partial charge in [0.2, 0.25) is 10.0 Å². The molecule has 0 amide bonds. The Morgan fingerprint density at radius 3 is 2.70 bits per heavy atom. The van der Waals surface area contributed by atoms with Crippen LogP contribution in [0.25, 0.3) is 6.08 Å². The van der Waals surface area contributed by atoms with Crippen LogP contribution in [0.15, 0.2) is 29.4 Å². The third kappa shape index (κ3) is 4.35. The Labute approximate surface area is 114 Å². The molecule has 0 atom stereocenters. The van der Waals surface area contributed by atoms with E-state index in [1.54, 1.807) is 0 Å². The van der Waals surface area contributed by atoms with Crippen LogP contribution in [0, 0.1) is 0 Å². The molecule has 0 spiro atoms. The summed E-state index contributed by atoms with van der Waals surface area (Å²) in [6.45, 7) is -0.933. The Bertz CT molecular complexity index is 617. The largest absolute Gasteiger partial charge is 0.478 e. The van der Waals surface area contributed by atoms with E-state index in [0.717, 1.165) is 31.5 Å². The smallest absolute Gasteiger partial charge is 0.328 e. The number of nitrogens with zero attached hydrogens (tertiary/aromatic N) is 2. The normalized spacial score (nSPS) is 12.4. The molecule has 0 aromatic carbocycles. The first-order chi connectivity index (χ1) is 9.23. The van der Waals surface area contributed by atoms with Crippen molar-refractivity contribution < 1.29 is 27.1 Å². The second-order valence-corrected chi connectivity index (χ2v) is 5.85. The minimum absolute atomic E-state index is 0.235. The molecule has 0 aliphatic heterocycles. The van der Waals surface area contributed by atoms with E-state index in [-0.39, 0.29) is 10.5 Å². The van der Waals surface area contributed by atoms with Gasteiger partial charge in [0, 0.05) is 25.5 Å². The summed E-state index contributed by atoms with van der Waals surface area (Å²) in [6.07, 6.45) is 1.44. The second-order valence-electron chi connectivity index (χ2n) is 3.80. The van der Waals surface area contributed by atoms with Gasteiger partial charge in [0.05, 0.1) is 6.54 Å². The third-order valence-electron chi connectivity index (χ3n) is 2.26. The highest BCUT2D eigenvalue weighted by molar-refractivity contribution is 7.89. The molecular formula is C11H12F2N2O4S. The van der Waals surface area contributed by atoms with Crippen LogP contribution in [0.2, 0.25) is 0 Å². The lowest BCUT2D eigenvalue weighted by Crippen LogP contribution is -2.31. The van der Waals surface area contributed by atoms with E-state index in [9.17, 15) is 22.0 Å². The van der Waals surface area contributed by atoms with Crippen molar-refractivity contribution in [3.63, 3.8) is 0 Å². The maximum atomic E-state index is 12.2. The van der Waals surface area contributed by atoms with Gasteiger partial charge in [-0.1, -0.05) is 0 Å². The molecule has 0 aliphatic carbocycles. The monoisotopic (exact) mass is 306 g/mol. The van der Waals surface area contributed by atoms with Gasteiger partial charge in [-0.15, -0.1) is 0 Å². The van der Waals surface area contributed by atoms with Crippen molar-refractivity contribution in [1.29, 1.82) is 0 Å². The number of aliphatic carboxylic acids is 1. The molecule has 110 valence electrons. The van der Waals surface area contributed by atoms with E-state index in [1.807, 2.05) is 0 Å². The van der Waals surface area contributed by atoms with Crippen LogP contribution >= 0.6 is 0 Å². The zero-order valence-electron chi connectivity index (χ0n) is 10.4. The van der Waals surface area contributed by atoms with Crippen molar-refractivity contribution in [2.75, 3.05) is 13.6 Å². The minimum Gasteiger partial charge on any atom is -0.478 e. The predicted molar refractivity (Wildman–Crippen MR) is 66.7 cm³/mol. The first kappa shape index (κ1) is 16.2. The summed E-state index contributed by atoms with van der Waals surface area (Å²) in [6, 6.07) is 1.16. The number of rotatable bonds is 6. The van der Waals surface area contributed by atoms with E-state index < -0.39 is 29.0 Å². The Morgan fingerprint density at radius 1 is 1.50 bits per heavy atom. The van der Waals surface area contributed by atoms with Gasteiger partial charge >= 0.3 is 5.97 Å². The Hall–Kier alpha value is -1.87. The van der Waals surface area contributed by atoms with Gasteiger partial charge in [-0.3, -0.25) is 4.98 Å². The summed E-state index contributed by atoms with van der Waals surface area (Å²) in [5, 5.41) is 8.47. The molecule has 0 aliphatic rings. The van der Waals surface area contributed by atoms with Crippen LogP contribution in [0.1, 0.15) is 5.56 Å². The van der Waals surface area contributed by atoms with Gasteiger partial charge in [0.15, 0.2) is 0 Å². The van der Waals surface area contributed by atoms with E-state index in [1.165, 1.54) is 6.20 Å². The number of hydrogen-bond donors (Lipinski definition) is 1. The summed E-state index contributed by atoms with van der Waals surface area (Å²) in [5.41, 5.74) is 0.235. The maximum absolute atomic E-state index is 12.2. The lowest BCUT2D eigenvalue weighted by Gasteiger charge is -2.16. The number of aromatic nitrogens is 1. The molecule has 0 bridgehead atoms. The highest BCUT2D eigenvalue weighted by atomic mass is 32.2. The lowest BCUT2D eigenvalue weighted by atomic mass is 10.2. The molecule has 6 nitrogen and oxygen atoms in total. The minimum atomic E-state index is -4.09. The Kier molecular flexibility index (Phi) is 5.28. The van der Waals surface area contributed by atoms with Gasteiger partial charge in [-0.05, 0) is 17.7 Å². The van der Waals surface area contributed by atoms with Crippen LogP contribution in [0.5, 0.6) is 0 Å². The number of carbonyl (C=O) groups is 1. The van der Waals surface area contributed by atoms with Gasteiger partial charge in [0.1, 0.15) is 4.90 Å². The average molecular weight is 306 g/mol. The molecule has 0 saturated carbocycles. The number of pyridine rings is 1. The van der Waals surface area contributed by atoms with Crippen LogP contribution in [0.3, 0.4) is 0 Å². The molecule has 0 fully saturated rings. The molecule has 1 aromatic rings. The van der Waals surface area contributed by atoms with Crippen LogP contribution in [-0.4, -0.2) is 48.8 Å².